The topological polar surface area (TPSA) is 65.0 Å². The molecular formula is C20H19N3O2S. The first-order valence-corrected chi connectivity index (χ1v) is 9.56. The van der Waals surface area contributed by atoms with Gasteiger partial charge in [-0.25, -0.2) is 0 Å². The number of hydrogen-bond acceptors (Lipinski definition) is 6. The lowest BCUT2D eigenvalue weighted by atomic mass is 9.85. The Kier molecular flexibility index (Phi) is 4.28. The van der Waals surface area contributed by atoms with Crippen LogP contribution in [0.15, 0.2) is 42.7 Å². The Balaban J connectivity index is 1.68. The second-order valence-electron chi connectivity index (χ2n) is 6.46. The Hall–Kier alpha value is -2.60. The van der Waals surface area contributed by atoms with E-state index in [0.717, 1.165) is 34.0 Å². The highest BCUT2D eigenvalue weighted by molar-refractivity contribution is 7.17. The quantitative estimate of drug-likeness (QED) is 0.665. The molecule has 1 aliphatic rings. The first kappa shape index (κ1) is 16.8. The van der Waals surface area contributed by atoms with Crippen molar-refractivity contribution < 1.29 is 9.53 Å². The van der Waals surface area contributed by atoms with Crippen molar-refractivity contribution in [1.29, 1.82) is 0 Å². The average molecular weight is 365 g/mol. The maximum absolute atomic E-state index is 12.7. The van der Waals surface area contributed by atoms with Crippen molar-refractivity contribution >= 4 is 17.1 Å². The molecule has 0 aliphatic carbocycles. The molecule has 0 atom stereocenters. The van der Waals surface area contributed by atoms with E-state index < -0.39 is 0 Å². The molecule has 6 heteroatoms. The molecule has 132 valence electrons. The third-order valence-electron chi connectivity index (χ3n) is 4.96. The third kappa shape index (κ3) is 2.90. The second kappa shape index (κ2) is 6.61. The highest BCUT2D eigenvalue weighted by Gasteiger charge is 2.37. The predicted molar refractivity (Wildman–Crippen MR) is 101 cm³/mol. The number of benzene rings is 1. The molecule has 0 bridgehead atoms. The summed E-state index contributed by atoms with van der Waals surface area (Å²) in [6.07, 6.45) is 5.56. The normalized spacial score (nSPS) is 15.4. The maximum atomic E-state index is 12.7. The number of nitrogens with zero attached hydrogens (tertiary/aromatic N) is 3. The number of pyridine rings is 1. The molecule has 4 rings (SSSR count). The zero-order valence-electron chi connectivity index (χ0n) is 14.7. The van der Waals surface area contributed by atoms with Crippen LogP contribution in [0.1, 0.15) is 43.5 Å². The van der Waals surface area contributed by atoms with Gasteiger partial charge in [0.15, 0.2) is 5.78 Å². The summed E-state index contributed by atoms with van der Waals surface area (Å²) in [4.78, 5) is 16.8. The molecule has 26 heavy (non-hydrogen) atoms. The van der Waals surface area contributed by atoms with Crippen LogP contribution in [0.5, 0.6) is 5.75 Å². The maximum Gasteiger partial charge on any atom is 0.170 e. The van der Waals surface area contributed by atoms with Gasteiger partial charge in [-0.15, -0.1) is 10.2 Å². The molecule has 0 saturated heterocycles. The molecule has 3 heterocycles. The molecule has 0 amide bonds. The first-order valence-electron chi connectivity index (χ1n) is 8.74. The number of carbonyl (C=O) groups excluding carboxylic acids is 1. The Labute approximate surface area is 156 Å². The summed E-state index contributed by atoms with van der Waals surface area (Å²) < 4.78 is 6.19. The predicted octanol–water partition coefficient (Wildman–Crippen LogP) is 4.79. The fraction of sp³-hybridized carbons (Fsp3) is 0.300. The van der Waals surface area contributed by atoms with Gasteiger partial charge in [-0.1, -0.05) is 25.2 Å². The minimum atomic E-state index is -0.373. The number of Topliss-reactive ketones (excluding diaryl/α,β-unsaturated/α-hetero) is 1. The van der Waals surface area contributed by atoms with Gasteiger partial charge < -0.3 is 4.74 Å². The van der Waals surface area contributed by atoms with Crippen LogP contribution in [0.4, 0.5) is 0 Å². The van der Waals surface area contributed by atoms with Crippen LogP contribution in [0, 0.1) is 0 Å². The molecule has 0 N–H and O–H groups in total. The van der Waals surface area contributed by atoms with Crippen molar-refractivity contribution in [2.75, 3.05) is 0 Å². The number of ketones is 1. The largest absolute Gasteiger partial charge is 0.486 e. The van der Waals surface area contributed by atoms with Gasteiger partial charge in [0, 0.05) is 23.5 Å². The smallest absolute Gasteiger partial charge is 0.170 e. The molecule has 0 saturated carbocycles. The Morgan fingerprint density at radius 2 is 1.88 bits per heavy atom. The molecule has 3 aromatic rings. The van der Waals surface area contributed by atoms with Crippen molar-refractivity contribution in [2.45, 2.75) is 38.7 Å². The standard InChI is InChI=1S/C20H19N3O2S/c1-3-20(4-2)11-16(24)15-10-13(7-8-17(15)25-20)18-22-23-19(26-18)14-6-5-9-21-12-14/h5-10,12H,3-4,11H2,1-2H3. The highest BCUT2D eigenvalue weighted by atomic mass is 32.1. The van der Waals surface area contributed by atoms with E-state index in [1.54, 1.807) is 12.4 Å². The lowest BCUT2D eigenvalue weighted by molar-refractivity contribution is 0.0350. The SMILES string of the molecule is CCC1(CC)CC(=O)c2cc(-c3nnc(-c4cccnc4)s3)ccc2O1. The fourth-order valence-corrected chi connectivity index (χ4v) is 4.05. The second-order valence-corrected chi connectivity index (χ2v) is 7.43. The number of fused-ring (bicyclic) bond motifs is 1. The summed E-state index contributed by atoms with van der Waals surface area (Å²) in [7, 11) is 0. The minimum Gasteiger partial charge on any atom is -0.486 e. The lowest BCUT2D eigenvalue weighted by Crippen LogP contribution is -2.40. The van der Waals surface area contributed by atoms with Crippen LogP contribution in [-0.2, 0) is 0 Å². The van der Waals surface area contributed by atoms with Crippen molar-refractivity contribution in [3.05, 3.63) is 48.3 Å². The van der Waals surface area contributed by atoms with E-state index in [9.17, 15) is 4.79 Å². The van der Waals surface area contributed by atoms with Gasteiger partial charge in [-0.3, -0.25) is 9.78 Å². The molecule has 0 spiro atoms. The average Bonchev–Trinajstić information content (AvgIpc) is 3.18. The number of carbonyl (C=O) groups is 1. The first-order chi connectivity index (χ1) is 12.6. The van der Waals surface area contributed by atoms with E-state index in [-0.39, 0.29) is 11.4 Å². The van der Waals surface area contributed by atoms with Crippen molar-refractivity contribution in [1.82, 2.24) is 15.2 Å². The van der Waals surface area contributed by atoms with E-state index >= 15 is 0 Å². The molecule has 0 unspecified atom stereocenters. The summed E-state index contributed by atoms with van der Waals surface area (Å²) in [5, 5.41) is 10.1. The van der Waals surface area contributed by atoms with Crippen molar-refractivity contribution in [3.8, 4) is 26.9 Å². The van der Waals surface area contributed by atoms with Crippen LogP contribution in [0.25, 0.3) is 21.1 Å². The molecule has 0 radical (unpaired) electrons. The van der Waals surface area contributed by atoms with E-state index in [2.05, 4.69) is 29.0 Å². The summed E-state index contributed by atoms with van der Waals surface area (Å²) in [6.45, 7) is 4.13. The van der Waals surface area contributed by atoms with Crippen LogP contribution < -0.4 is 4.74 Å². The molecular weight excluding hydrogens is 346 g/mol. The van der Waals surface area contributed by atoms with Crippen molar-refractivity contribution in [2.24, 2.45) is 0 Å². The fourth-order valence-electron chi connectivity index (χ4n) is 3.22. The van der Waals surface area contributed by atoms with Gasteiger partial charge >= 0.3 is 0 Å². The molecule has 1 aliphatic heterocycles. The zero-order valence-corrected chi connectivity index (χ0v) is 15.5. The summed E-state index contributed by atoms with van der Waals surface area (Å²) in [5.41, 5.74) is 2.08. The molecule has 1 aromatic carbocycles. The van der Waals surface area contributed by atoms with Gasteiger partial charge in [0.2, 0.25) is 0 Å². The van der Waals surface area contributed by atoms with Gasteiger partial charge in [-0.05, 0) is 43.2 Å². The van der Waals surface area contributed by atoms with E-state index in [1.807, 2.05) is 30.3 Å². The highest BCUT2D eigenvalue weighted by Crippen LogP contribution is 2.39. The van der Waals surface area contributed by atoms with E-state index in [0.29, 0.717) is 17.7 Å². The summed E-state index contributed by atoms with van der Waals surface area (Å²) >= 11 is 1.49. The Morgan fingerprint density at radius 3 is 2.58 bits per heavy atom. The summed E-state index contributed by atoms with van der Waals surface area (Å²) in [5.74, 6) is 0.805. The minimum absolute atomic E-state index is 0.133. The van der Waals surface area contributed by atoms with Crippen molar-refractivity contribution in [3.63, 3.8) is 0 Å². The number of hydrogen-bond donors (Lipinski definition) is 0. The number of rotatable bonds is 4. The third-order valence-corrected chi connectivity index (χ3v) is 5.98. The number of aromatic nitrogens is 3. The zero-order chi connectivity index (χ0) is 18.1. The Morgan fingerprint density at radius 1 is 1.12 bits per heavy atom. The van der Waals surface area contributed by atoms with Gasteiger partial charge in [0.1, 0.15) is 21.4 Å². The van der Waals surface area contributed by atoms with Gasteiger partial charge in [-0.2, -0.15) is 0 Å². The summed E-state index contributed by atoms with van der Waals surface area (Å²) in [6, 6.07) is 9.53. The number of ether oxygens (including phenoxy) is 1. The van der Waals surface area contributed by atoms with Crippen LogP contribution in [0.2, 0.25) is 0 Å². The molecule has 2 aromatic heterocycles. The van der Waals surface area contributed by atoms with Crippen LogP contribution >= 0.6 is 11.3 Å². The lowest BCUT2D eigenvalue weighted by Gasteiger charge is -2.36. The van der Waals surface area contributed by atoms with E-state index in [1.165, 1.54) is 11.3 Å². The van der Waals surface area contributed by atoms with Gasteiger partial charge in [0.25, 0.3) is 0 Å². The molecule has 5 nitrogen and oxygen atoms in total. The van der Waals surface area contributed by atoms with E-state index in [4.69, 9.17) is 4.74 Å². The van der Waals surface area contributed by atoms with Crippen LogP contribution in [-0.4, -0.2) is 26.6 Å². The molecule has 0 fully saturated rings. The van der Waals surface area contributed by atoms with Crippen LogP contribution in [0.3, 0.4) is 0 Å². The Bertz CT molecular complexity index is 949. The van der Waals surface area contributed by atoms with Gasteiger partial charge in [0.05, 0.1) is 12.0 Å². The monoisotopic (exact) mass is 365 g/mol.